The maximum Gasteiger partial charge on any atom is 0.195 e. The number of hydrogen-bond donors (Lipinski definition) is 0. The average molecular weight is 268 g/mol. The molecule has 0 heterocycles. The Morgan fingerprint density at radius 1 is 0.842 bits per heavy atom. The molecule has 0 aliphatic rings. The van der Waals surface area contributed by atoms with Gasteiger partial charge in [0.15, 0.2) is 23.2 Å². The summed E-state index contributed by atoms with van der Waals surface area (Å²) in [7, 11) is 0. The number of halogens is 4. The van der Waals surface area contributed by atoms with Gasteiger partial charge in [0.2, 0.25) is 0 Å². The molecule has 0 fully saturated rings. The molecular weight excluding hydrogens is 260 g/mol. The first-order valence-electron chi connectivity index (χ1n) is 5.40. The van der Waals surface area contributed by atoms with Crippen molar-refractivity contribution in [3.05, 3.63) is 70.8 Å². The Kier molecular flexibility index (Phi) is 3.64. The highest BCUT2D eigenvalue weighted by Gasteiger charge is 2.18. The Morgan fingerprint density at radius 2 is 1.47 bits per heavy atom. The van der Waals surface area contributed by atoms with E-state index >= 15 is 0 Å². The van der Waals surface area contributed by atoms with Gasteiger partial charge in [-0.25, -0.2) is 17.6 Å². The third-order valence-electron chi connectivity index (χ3n) is 2.61. The van der Waals surface area contributed by atoms with Crippen LogP contribution >= 0.6 is 0 Å². The zero-order chi connectivity index (χ0) is 14.0. The van der Waals surface area contributed by atoms with E-state index in [1.807, 2.05) is 0 Å². The second-order valence-corrected chi connectivity index (χ2v) is 3.95. The van der Waals surface area contributed by atoms with Crippen LogP contribution < -0.4 is 0 Å². The molecule has 1 nitrogen and oxygen atoms in total. The topological polar surface area (TPSA) is 17.1 Å². The molecule has 0 aliphatic heterocycles. The van der Waals surface area contributed by atoms with Crippen LogP contribution in [0.4, 0.5) is 17.6 Å². The highest BCUT2D eigenvalue weighted by molar-refractivity contribution is 5.97. The molecular formula is C14H8F4O. The molecule has 2 aromatic rings. The summed E-state index contributed by atoms with van der Waals surface area (Å²) in [6.45, 7) is 0. The number of rotatable bonds is 3. The summed E-state index contributed by atoms with van der Waals surface area (Å²) < 4.78 is 51.8. The first-order valence-corrected chi connectivity index (χ1v) is 5.40. The summed E-state index contributed by atoms with van der Waals surface area (Å²) in [5.41, 5.74) is -0.0706. The molecule has 0 bridgehead atoms. The van der Waals surface area contributed by atoms with Crippen molar-refractivity contribution in [3.63, 3.8) is 0 Å². The van der Waals surface area contributed by atoms with E-state index in [0.717, 1.165) is 18.2 Å². The molecule has 0 spiro atoms. The summed E-state index contributed by atoms with van der Waals surface area (Å²) >= 11 is 0. The van der Waals surface area contributed by atoms with E-state index in [0.29, 0.717) is 11.6 Å². The van der Waals surface area contributed by atoms with Crippen LogP contribution in [0.5, 0.6) is 0 Å². The normalized spacial score (nSPS) is 10.5. The van der Waals surface area contributed by atoms with E-state index < -0.39 is 34.6 Å². The summed E-state index contributed by atoms with van der Waals surface area (Å²) in [6.07, 6.45) is -0.220. The number of hydrogen-bond acceptors (Lipinski definition) is 1. The highest BCUT2D eigenvalue weighted by atomic mass is 19.2. The van der Waals surface area contributed by atoms with Gasteiger partial charge in [-0.15, -0.1) is 0 Å². The molecule has 0 aliphatic carbocycles. The molecule has 19 heavy (non-hydrogen) atoms. The molecule has 0 saturated heterocycles. The van der Waals surface area contributed by atoms with Crippen LogP contribution in [-0.4, -0.2) is 5.78 Å². The van der Waals surface area contributed by atoms with Crippen molar-refractivity contribution in [1.29, 1.82) is 0 Å². The standard InChI is InChI=1S/C14H8F4O/c15-9-3-1-8(2-4-9)7-12(19)10-5-6-11(16)14(18)13(10)17/h1-6H,7H2. The molecule has 0 aromatic heterocycles. The lowest BCUT2D eigenvalue weighted by atomic mass is 10.0. The molecule has 98 valence electrons. The van der Waals surface area contributed by atoms with Gasteiger partial charge in [0.05, 0.1) is 5.56 Å². The van der Waals surface area contributed by atoms with E-state index in [-0.39, 0.29) is 6.42 Å². The lowest BCUT2D eigenvalue weighted by molar-refractivity contribution is 0.0988. The van der Waals surface area contributed by atoms with Crippen molar-refractivity contribution >= 4 is 5.78 Å². The van der Waals surface area contributed by atoms with Gasteiger partial charge in [-0.2, -0.15) is 0 Å². The largest absolute Gasteiger partial charge is 0.294 e. The Labute approximate surface area is 106 Å². The van der Waals surface area contributed by atoms with Crippen LogP contribution in [0.15, 0.2) is 36.4 Å². The fourth-order valence-corrected chi connectivity index (χ4v) is 1.62. The van der Waals surface area contributed by atoms with Gasteiger partial charge < -0.3 is 0 Å². The minimum absolute atomic E-state index is 0.220. The van der Waals surface area contributed by atoms with E-state index in [1.54, 1.807) is 0 Å². The Morgan fingerprint density at radius 3 is 2.11 bits per heavy atom. The van der Waals surface area contributed by atoms with Gasteiger partial charge in [0.1, 0.15) is 5.82 Å². The first-order chi connectivity index (χ1) is 8.99. The maximum atomic E-state index is 13.4. The number of Topliss-reactive ketones (excluding diaryl/α,β-unsaturated/α-hetero) is 1. The van der Waals surface area contributed by atoms with Crippen LogP contribution in [0.2, 0.25) is 0 Å². The van der Waals surface area contributed by atoms with E-state index in [2.05, 4.69) is 0 Å². The predicted molar refractivity (Wildman–Crippen MR) is 60.8 cm³/mol. The highest BCUT2D eigenvalue weighted by Crippen LogP contribution is 2.17. The predicted octanol–water partition coefficient (Wildman–Crippen LogP) is 3.67. The van der Waals surface area contributed by atoms with Crippen molar-refractivity contribution in [2.24, 2.45) is 0 Å². The zero-order valence-corrected chi connectivity index (χ0v) is 9.59. The van der Waals surface area contributed by atoms with Crippen LogP contribution in [0.1, 0.15) is 15.9 Å². The molecule has 0 amide bonds. The monoisotopic (exact) mass is 268 g/mol. The summed E-state index contributed by atoms with van der Waals surface area (Å²) in [5.74, 6) is -5.70. The van der Waals surface area contributed by atoms with Gasteiger partial charge in [0.25, 0.3) is 0 Å². The number of carbonyl (C=O) groups excluding carboxylic acids is 1. The smallest absolute Gasteiger partial charge is 0.195 e. The van der Waals surface area contributed by atoms with Gasteiger partial charge in [-0.05, 0) is 29.8 Å². The Hall–Kier alpha value is -2.17. The van der Waals surface area contributed by atoms with Crippen LogP contribution in [-0.2, 0) is 6.42 Å². The second-order valence-electron chi connectivity index (χ2n) is 3.95. The summed E-state index contributed by atoms with van der Waals surface area (Å²) in [6, 6.07) is 6.63. The lowest BCUT2D eigenvalue weighted by Gasteiger charge is -2.04. The van der Waals surface area contributed by atoms with Crippen molar-refractivity contribution < 1.29 is 22.4 Å². The van der Waals surface area contributed by atoms with Gasteiger partial charge in [-0.1, -0.05) is 12.1 Å². The zero-order valence-electron chi connectivity index (χ0n) is 9.59. The fourth-order valence-electron chi connectivity index (χ4n) is 1.62. The fraction of sp³-hybridized carbons (Fsp3) is 0.0714. The first kappa shape index (κ1) is 13.3. The molecule has 0 radical (unpaired) electrons. The number of ketones is 1. The van der Waals surface area contributed by atoms with Crippen LogP contribution in [0.3, 0.4) is 0 Å². The average Bonchev–Trinajstić information content (AvgIpc) is 2.39. The van der Waals surface area contributed by atoms with Crippen molar-refractivity contribution in [2.45, 2.75) is 6.42 Å². The third kappa shape index (κ3) is 2.81. The minimum Gasteiger partial charge on any atom is -0.294 e. The molecule has 0 saturated carbocycles. The quantitative estimate of drug-likeness (QED) is 0.471. The molecule has 5 heteroatoms. The van der Waals surface area contributed by atoms with Gasteiger partial charge in [-0.3, -0.25) is 4.79 Å². The third-order valence-corrected chi connectivity index (χ3v) is 2.61. The van der Waals surface area contributed by atoms with E-state index in [9.17, 15) is 22.4 Å². The van der Waals surface area contributed by atoms with Gasteiger partial charge in [0, 0.05) is 6.42 Å². The van der Waals surface area contributed by atoms with Crippen molar-refractivity contribution in [3.8, 4) is 0 Å². The molecule has 0 N–H and O–H groups in total. The SMILES string of the molecule is O=C(Cc1ccc(F)cc1)c1ccc(F)c(F)c1F. The number of carbonyl (C=O) groups is 1. The van der Waals surface area contributed by atoms with Crippen molar-refractivity contribution in [1.82, 2.24) is 0 Å². The van der Waals surface area contributed by atoms with E-state index in [4.69, 9.17) is 0 Å². The second kappa shape index (κ2) is 5.22. The lowest BCUT2D eigenvalue weighted by Crippen LogP contribution is -2.08. The Bertz CT molecular complexity index is 620. The summed E-state index contributed by atoms with van der Waals surface area (Å²) in [4.78, 5) is 11.8. The molecule has 2 rings (SSSR count). The minimum atomic E-state index is -1.68. The van der Waals surface area contributed by atoms with Crippen molar-refractivity contribution in [2.75, 3.05) is 0 Å². The van der Waals surface area contributed by atoms with E-state index in [1.165, 1.54) is 12.1 Å². The van der Waals surface area contributed by atoms with Gasteiger partial charge >= 0.3 is 0 Å². The molecule has 2 aromatic carbocycles. The molecule has 0 unspecified atom stereocenters. The Balaban J connectivity index is 2.25. The molecule has 0 atom stereocenters. The summed E-state index contributed by atoms with van der Waals surface area (Å²) in [5, 5.41) is 0. The van der Waals surface area contributed by atoms with Crippen LogP contribution in [0.25, 0.3) is 0 Å². The van der Waals surface area contributed by atoms with Crippen LogP contribution in [0, 0.1) is 23.3 Å². The number of benzene rings is 2. The maximum absolute atomic E-state index is 13.4.